The minimum atomic E-state index is 0.348. The van der Waals surface area contributed by atoms with E-state index in [4.69, 9.17) is 4.74 Å². The number of unbranched alkanes of at least 4 members (excludes halogenated alkanes) is 2. The molecule has 0 aliphatic rings. The van der Waals surface area contributed by atoms with Crippen molar-refractivity contribution in [3.63, 3.8) is 0 Å². The zero-order valence-corrected chi connectivity index (χ0v) is 15.1. The Bertz CT molecular complexity index is 559. The van der Waals surface area contributed by atoms with Crippen LogP contribution in [0.4, 0.5) is 0 Å². The average molecular weight is 326 g/mol. The van der Waals surface area contributed by atoms with Crippen LogP contribution in [0.1, 0.15) is 39.5 Å². The summed E-state index contributed by atoms with van der Waals surface area (Å²) in [5, 5.41) is 0. The molecule has 0 saturated carbocycles. The van der Waals surface area contributed by atoms with E-state index in [0.717, 1.165) is 25.2 Å². The second kappa shape index (κ2) is 10.4. The van der Waals surface area contributed by atoms with E-state index in [2.05, 4.69) is 68.4 Å². The first kappa shape index (κ1) is 18.0. The zero-order valence-electron chi connectivity index (χ0n) is 14.3. The van der Waals surface area contributed by atoms with E-state index in [1.54, 1.807) is 0 Å². The molecule has 0 aromatic heterocycles. The summed E-state index contributed by atoms with van der Waals surface area (Å²) in [6.45, 7) is 5.25. The summed E-state index contributed by atoms with van der Waals surface area (Å²) in [4.78, 5) is 0. The highest BCUT2D eigenvalue weighted by Crippen LogP contribution is 2.17. The smallest absolute Gasteiger partial charge is 0.278 e. The van der Waals surface area contributed by atoms with Crippen LogP contribution in [-0.4, -0.2) is 18.4 Å². The fourth-order valence-corrected chi connectivity index (χ4v) is 3.91. The summed E-state index contributed by atoms with van der Waals surface area (Å²) in [7, 11) is 0. The van der Waals surface area contributed by atoms with Gasteiger partial charge in [-0.25, -0.2) is 0 Å². The van der Waals surface area contributed by atoms with Crippen LogP contribution in [0.2, 0.25) is 0 Å². The Hall–Kier alpha value is -1.35. The van der Waals surface area contributed by atoms with Crippen molar-refractivity contribution in [2.45, 2.75) is 39.5 Å². The minimum absolute atomic E-state index is 0.348. The summed E-state index contributed by atoms with van der Waals surface area (Å²) in [5.41, 5.74) is 2.66. The highest BCUT2D eigenvalue weighted by atomic mass is 32.2. The lowest BCUT2D eigenvalue weighted by molar-refractivity contribution is 0.312. The molecule has 2 aromatic rings. The topological polar surface area (TPSA) is 9.23 Å². The van der Waals surface area contributed by atoms with Crippen molar-refractivity contribution in [1.29, 1.82) is 0 Å². The SMILES string of the molecule is CCCCOc1ccccc1B(SCCCC)c1ccccc1. The van der Waals surface area contributed by atoms with Crippen LogP contribution in [0.15, 0.2) is 54.6 Å². The maximum Gasteiger partial charge on any atom is 0.278 e. The Kier molecular flexibility index (Phi) is 8.17. The molecule has 0 saturated heterocycles. The van der Waals surface area contributed by atoms with Gasteiger partial charge in [-0.05, 0) is 30.1 Å². The minimum Gasteiger partial charge on any atom is -0.494 e. The summed E-state index contributed by atoms with van der Waals surface area (Å²) < 4.78 is 6.07. The van der Waals surface area contributed by atoms with E-state index in [1.165, 1.54) is 29.5 Å². The van der Waals surface area contributed by atoms with Crippen molar-refractivity contribution in [3.8, 4) is 5.75 Å². The molecule has 0 aliphatic heterocycles. The van der Waals surface area contributed by atoms with Gasteiger partial charge in [0.25, 0.3) is 5.99 Å². The molecule has 23 heavy (non-hydrogen) atoms. The first-order valence-corrected chi connectivity index (χ1v) is 9.80. The molecule has 0 aliphatic carbocycles. The summed E-state index contributed by atoms with van der Waals surface area (Å²) in [6.07, 6.45) is 4.76. The maximum atomic E-state index is 6.07. The van der Waals surface area contributed by atoms with Gasteiger partial charge < -0.3 is 4.74 Å². The van der Waals surface area contributed by atoms with Crippen LogP contribution in [-0.2, 0) is 0 Å². The molecule has 1 nitrogen and oxygen atoms in total. The lowest BCUT2D eigenvalue weighted by atomic mass is 9.61. The lowest BCUT2D eigenvalue weighted by Gasteiger charge is -2.18. The van der Waals surface area contributed by atoms with E-state index in [0.29, 0.717) is 5.99 Å². The molecule has 3 heteroatoms. The third-order valence-corrected chi connectivity index (χ3v) is 5.23. The predicted molar refractivity (Wildman–Crippen MR) is 106 cm³/mol. The zero-order chi connectivity index (χ0) is 16.3. The normalized spacial score (nSPS) is 10.5. The molecule has 122 valence electrons. The standard InChI is InChI=1S/C20H27BOS/c1-3-5-16-22-20-15-11-10-14-19(20)21(23-17-6-4-2)18-12-8-7-9-13-18/h7-15H,3-6,16-17H2,1-2H3. The first-order chi connectivity index (χ1) is 11.4. The Labute approximate surface area is 145 Å². The van der Waals surface area contributed by atoms with Crippen LogP contribution >= 0.6 is 11.6 Å². The van der Waals surface area contributed by atoms with Crippen molar-refractivity contribution in [2.24, 2.45) is 0 Å². The monoisotopic (exact) mass is 326 g/mol. The van der Waals surface area contributed by atoms with Crippen LogP contribution in [0.25, 0.3) is 0 Å². The number of hydrogen-bond acceptors (Lipinski definition) is 2. The third kappa shape index (κ3) is 5.65. The molecule has 0 N–H and O–H groups in total. The molecule has 0 amide bonds. The number of hydrogen-bond donors (Lipinski definition) is 0. The fraction of sp³-hybridized carbons (Fsp3) is 0.400. The Morgan fingerprint density at radius 3 is 2.30 bits per heavy atom. The Morgan fingerprint density at radius 1 is 0.870 bits per heavy atom. The first-order valence-electron chi connectivity index (χ1n) is 8.75. The summed E-state index contributed by atoms with van der Waals surface area (Å²) in [5.74, 6) is 2.57. The van der Waals surface area contributed by atoms with E-state index in [9.17, 15) is 0 Å². The van der Waals surface area contributed by atoms with Gasteiger partial charge in [0.15, 0.2) is 0 Å². The van der Waals surface area contributed by atoms with Crippen molar-refractivity contribution in [3.05, 3.63) is 54.6 Å². The van der Waals surface area contributed by atoms with E-state index >= 15 is 0 Å². The van der Waals surface area contributed by atoms with Crippen LogP contribution in [0, 0.1) is 0 Å². The second-order valence-electron chi connectivity index (χ2n) is 5.75. The molecular weight excluding hydrogens is 299 g/mol. The van der Waals surface area contributed by atoms with Crippen molar-refractivity contribution >= 4 is 28.5 Å². The van der Waals surface area contributed by atoms with Gasteiger partial charge in [-0.2, -0.15) is 11.6 Å². The number of benzene rings is 2. The summed E-state index contributed by atoms with van der Waals surface area (Å²) >= 11 is 2.03. The molecule has 0 unspecified atom stereocenters. The molecule has 0 bridgehead atoms. The lowest BCUT2D eigenvalue weighted by Crippen LogP contribution is -2.40. The van der Waals surface area contributed by atoms with Gasteiger partial charge in [0.2, 0.25) is 0 Å². The molecule has 2 rings (SSSR count). The highest BCUT2D eigenvalue weighted by Gasteiger charge is 2.23. The van der Waals surface area contributed by atoms with E-state index in [-0.39, 0.29) is 0 Å². The van der Waals surface area contributed by atoms with Crippen LogP contribution < -0.4 is 15.7 Å². The van der Waals surface area contributed by atoms with Gasteiger partial charge in [0.1, 0.15) is 5.75 Å². The number of rotatable bonds is 10. The van der Waals surface area contributed by atoms with Gasteiger partial charge in [-0.1, -0.05) is 80.7 Å². The van der Waals surface area contributed by atoms with E-state index < -0.39 is 0 Å². The van der Waals surface area contributed by atoms with Gasteiger partial charge in [0, 0.05) is 0 Å². The van der Waals surface area contributed by atoms with Gasteiger partial charge in [0.05, 0.1) is 6.61 Å². The molecule has 2 aromatic carbocycles. The summed E-state index contributed by atoms with van der Waals surface area (Å²) in [6, 6.07) is 19.3. The molecule has 0 heterocycles. The number of ether oxygens (including phenoxy) is 1. The van der Waals surface area contributed by atoms with Crippen molar-refractivity contribution in [2.75, 3.05) is 12.4 Å². The maximum absolute atomic E-state index is 6.07. The third-order valence-electron chi connectivity index (χ3n) is 3.84. The predicted octanol–water partition coefficient (Wildman–Crippen LogP) is 4.50. The number of para-hydroxylation sites is 1. The molecule has 0 spiro atoms. The van der Waals surface area contributed by atoms with Crippen LogP contribution in [0.3, 0.4) is 0 Å². The van der Waals surface area contributed by atoms with Crippen molar-refractivity contribution in [1.82, 2.24) is 0 Å². The van der Waals surface area contributed by atoms with Crippen molar-refractivity contribution < 1.29 is 4.74 Å². The van der Waals surface area contributed by atoms with Crippen LogP contribution in [0.5, 0.6) is 5.75 Å². The van der Waals surface area contributed by atoms with Gasteiger partial charge >= 0.3 is 0 Å². The quantitative estimate of drug-likeness (QED) is 0.469. The van der Waals surface area contributed by atoms with Gasteiger partial charge in [-0.3, -0.25) is 0 Å². The highest BCUT2D eigenvalue weighted by molar-refractivity contribution is 8.28. The average Bonchev–Trinajstić information content (AvgIpc) is 2.61. The molecule has 0 radical (unpaired) electrons. The second-order valence-corrected chi connectivity index (χ2v) is 6.97. The van der Waals surface area contributed by atoms with Gasteiger partial charge in [-0.15, -0.1) is 0 Å². The molecular formula is C20H27BOS. The molecule has 0 atom stereocenters. The Balaban J connectivity index is 2.24. The largest absolute Gasteiger partial charge is 0.494 e. The Morgan fingerprint density at radius 2 is 1.57 bits per heavy atom. The van der Waals surface area contributed by atoms with E-state index in [1.807, 2.05) is 11.6 Å². The molecule has 0 fully saturated rings. The fourth-order valence-electron chi connectivity index (χ4n) is 2.49.